The van der Waals surface area contributed by atoms with Crippen LogP contribution in [0, 0.1) is 24.1 Å². The molecule has 0 radical (unpaired) electrons. The molecular formula is C25H21FN6O. The van der Waals surface area contributed by atoms with Crippen LogP contribution < -0.4 is 5.32 Å². The zero-order chi connectivity index (χ0) is 23.3. The van der Waals surface area contributed by atoms with Crippen LogP contribution in [-0.4, -0.2) is 40.1 Å². The Labute approximate surface area is 189 Å². The molecule has 1 aliphatic rings. The zero-order valence-corrected chi connectivity index (χ0v) is 18.5. The lowest BCUT2D eigenvalue weighted by Gasteiger charge is -2.13. The van der Waals surface area contributed by atoms with Gasteiger partial charge in [0, 0.05) is 41.9 Å². The number of aromatic nitrogens is 3. The third-order valence-corrected chi connectivity index (χ3v) is 6.03. The van der Waals surface area contributed by atoms with E-state index in [1.54, 1.807) is 36.3 Å². The van der Waals surface area contributed by atoms with E-state index in [2.05, 4.69) is 26.6 Å². The predicted molar refractivity (Wildman–Crippen MR) is 123 cm³/mol. The highest BCUT2D eigenvalue weighted by molar-refractivity contribution is 6.01. The number of fused-ring (bicyclic) bond motifs is 2. The van der Waals surface area contributed by atoms with Crippen LogP contribution in [0.2, 0.25) is 0 Å². The summed E-state index contributed by atoms with van der Waals surface area (Å²) in [4.78, 5) is 18.5. The maximum atomic E-state index is 15.2. The monoisotopic (exact) mass is 440 g/mol. The smallest absolute Gasteiger partial charge is 0.255 e. The summed E-state index contributed by atoms with van der Waals surface area (Å²) < 4.78 is 15.2. The van der Waals surface area contributed by atoms with Gasteiger partial charge in [-0.05, 0) is 49.4 Å². The second-order valence-corrected chi connectivity index (χ2v) is 8.31. The third-order valence-electron chi connectivity index (χ3n) is 6.03. The van der Waals surface area contributed by atoms with Crippen LogP contribution in [0.4, 0.5) is 4.39 Å². The van der Waals surface area contributed by atoms with Crippen molar-refractivity contribution in [3.63, 3.8) is 0 Å². The van der Waals surface area contributed by atoms with Crippen molar-refractivity contribution in [1.29, 1.82) is 5.26 Å². The van der Waals surface area contributed by atoms with Gasteiger partial charge in [-0.1, -0.05) is 6.07 Å². The molecule has 0 aliphatic carbocycles. The number of pyridine rings is 1. The quantitative estimate of drug-likeness (QED) is 0.501. The summed E-state index contributed by atoms with van der Waals surface area (Å²) >= 11 is 0. The molecule has 0 fully saturated rings. The van der Waals surface area contributed by atoms with Crippen molar-refractivity contribution in [2.75, 3.05) is 14.1 Å². The Morgan fingerprint density at radius 2 is 2.06 bits per heavy atom. The summed E-state index contributed by atoms with van der Waals surface area (Å²) in [6.45, 7) is 2.87. The molecule has 3 heterocycles. The van der Waals surface area contributed by atoms with Gasteiger partial charge in [-0.2, -0.15) is 10.4 Å². The van der Waals surface area contributed by atoms with E-state index in [0.717, 1.165) is 22.2 Å². The van der Waals surface area contributed by atoms with Gasteiger partial charge in [-0.15, -0.1) is 0 Å². The molecule has 0 unspecified atom stereocenters. The Balaban J connectivity index is 1.69. The summed E-state index contributed by atoms with van der Waals surface area (Å²) in [7, 11) is 3.55. The molecule has 2 aromatic heterocycles. The van der Waals surface area contributed by atoms with Crippen LogP contribution in [0.1, 0.15) is 32.7 Å². The van der Waals surface area contributed by atoms with Gasteiger partial charge in [0.15, 0.2) is 0 Å². The molecule has 1 aliphatic heterocycles. The number of aromatic amines is 1. The molecule has 0 atom stereocenters. The van der Waals surface area contributed by atoms with Crippen molar-refractivity contribution in [3.05, 3.63) is 70.3 Å². The van der Waals surface area contributed by atoms with Crippen LogP contribution in [0.15, 0.2) is 36.5 Å². The van der Waals surface area contributed by atoms with E-state index in [4.69, 9.17) is 0 Å². The Hall–Kier alpha value is -4.09. The summed E-state index contributed by atoms with van der Waals surface area (Å²) in [5.74, 6) is -0.458. The lowest BCUT2D eigenvalue weighted by molar-refractivity contribution is 0.0816. The number of nitrogens with zero attached hydrogens (tertiary/aromatic N) is 4. The van der Waals surface area contributed by atoms with Gasteiger partial charge in [-0.25, -0.2) is 4.39 Å². The van der Waals surface area contributed by atoms with Gasteiger partial charge >= 0.3 is 0 Å². The van der Waals surface area contributed by atoms with Crippen molar-refractivity contribution in [1.82, 2.24) is 25.4 Å². The fraction of sp³-hybridized carbons (Fsp3) is 0.200. The van der Waals surface area contributed by atoms with E-state index in [-0.39, 0.29) is 11.7 Å². The molecule has 2 aromatic carbocycles. The van der Waals surface area contributed by atoms with E-state index in [1.807, 2.05) is 20.0 Å². The van der Waals surface area contributed by atoms with Gasteiger partial charge in [0.25, 0.3) is 5.91 Å². The van der Waals surface area contributed by atoms with Crippen molar-refractivity contribution < 1.29 is 9.18 Å². The summed E-state index contributed by atoms with van der Waals surface area (Å²) in [6.07, 6.45) is 1.69. The average Bonchev–Trinajstić information content (AvgIpc) is 3.32. The normalized spacial score (nSPS) is 12.9. The Morgan fingerprint density at radius 1 is 1.24 bits per heavy atom. The third kappa shape index (κ3) is 3.34. The largest absolute Gasteiger partial charge is 0.336 e. The van der Waals surface area contributed by atoms with Crippen LogP contribution in [0.25, 0.3) is 33.3 Å². The van der Waals surface area contributed by atoms with Gasteiger partial charge in [-0.3, -0.25) is 14.9 Å². The van der Waals surface area contributed by atoms with E-state index in [9.17, 15) is 10.1 Å². The summed E-state index contributed by atoms with van der Waals surface area (Å²) in [6, 6.07) is 10.9. The van der Waals surface area contributed by atoms with Crippen LogP contribution >= 0.6 is 0 Å². The number of hydrogen-bond donors (Lipinski definition) is 2. The standard InChI is InChI=1S/C25H21FN6O/c1-13-4-14(10-28-2)5-20(26)23(13)17-8-18-21(7-15(17)9-27)30-31-24(18)16-6-19-22(29-11-16)12-32(3)25(19)33/h4-8,11,28H,10,12H2,1-3H3,(H,30,31). The molecule has 164 valence electrons. The Morgan fingerprint density at radius 3 is 2.79 bits per heavy atom. The molecule has 0 bridgehead atoms. The minimum atomic E-state index is -0.381. The van der Waals surface area contributed by atoms with Crippen LogP contribution in [0.3, 0.4) is 0 Å². The second-order valence-electron chi connectivity index (χ2n) is 8.31. The maximum absolute atomic E-state index is 15.2. The number of hydrogen-bond acceptors (Lipinski definition) is 5. The first-order valence-electron chi connectivity index (χ1n) is 10.5. The summed E-state index contributed by atoms with van der Waals surface area (Å²) in [5, 5.41) is 20.9. The molecule has 5 rings (SSSR count). The number of halogens is 1. The maximum Gasteiger partial charge on any atom is 0.255 e. The first kappa shape index (κ1) is 20.8. The number of nitriles is 1. The van der Waals surface area contributed by atoms with Gasteiger partial charge < -0.3 is 10.2 Å². The average molecular weight is 440 g/mol. The van der Waals surface area contributed by atoms with Crippen molar-refractivity contribution >= 4 is 16.8 Å². The molecule has 0 spiro atoms. The Kier molecular flexibility index (Phi) is 4.91. The number of rotatable bonds is 4. The van der Waals surface area contributed by atoms with E-state index in [1.165, 1.54) is 6.07 Å². The fourth-order valence-corrected chi connectivity index (χ4v) is 4.48. The lowest BCUT2D eigenvalue weighted by atomic mass is 9.92. The first-order chi connectivity index (χ1) is 15.9. The van der Waals surface area contributed by atoms with Crippen LogP contribution in [-0.2, 0) is 13.1 Å². The highest BCUT2D eigenvalue weighted by atomic mass is 19.1. The number of carbonyl (C=O) groups excluding carboxylic acids is 1. The molecule has 0 saturated heterocycles. The minimum absolute atomic E-state index is 0.0778. The predicted octanol–water partition coefficient (Wildman–Crippen LogP) is 3.92. The summed E-state index contributed by atoms with van der Waals surface area (Å²) in [5.41, 5.74) is 6.05. The SMILES string of the molecule is CNCc1cc(C)c(-c2cc3c(-c4cnc5c(c4)C(=O)N(C)C5)n[nH]c3cc2C#N)c(F)c1. The number of H-pyrrole nitrogens is 1. The zero-order valence-electron chi connectivity index (χ0n) is 18.5. The first-order valence-corrected chi connectivity index (χ1v) is 10.5. The number of carbonyl (C=O) groups is 1. The molecular weight excluding hydrogens is 419 g/mol. The molecule has 0 saturated carbocycles. The second kappa shape index (κ2) is 7.80. The fourth-order valence-electron chi connectivity index (χ4n) is 4.48. The number of nitrogens with one attached hydrogen (secondary N) is 2. The van der Waals surface area contributed by atoms with E-state index < -0.39 is 0 Å². The van der Waals surface area contributed by atoms with Crippen molar-refractivity contribution in [2.45, 2.75) is 20.0 Å². The molecule has 33 heavy (non-hydrogen) atoms. The highest BCUT2D eigenvalue weighted by Gasteiger charge is 2.27. The van der Waals surface area contributed by atoms with Gasteiger partial charge in [0.1, 0.15) is 11.5 Å². The minimum Gasteiger partial charge on any atom is -0.336 e. The van der Waals surface area contributed by atoms with Crippen molar-refractivity contribution in [2.24, 2.45) is 0 Å². The van der Waals surface area contributed by atoms with Gasteiger partial charge in [0.2, 0.25) is 0 Å². The number of aryl methyl sites for hydroxylation is 1. The topological polar surface area (TPSA) is 97.7 Å². The van der Waals surface area contributed by atoms with E-state index in [0.29, 0.717) is 52.1 Å². The lowest BCUT2D eigenvalue weighted by Crippen LogP contribution is -2.17. The highest BCUT2D eigenvalue weighted by Crippen LogP contribution is 2.36. The molecule has 4 aromatic rings. The van der Waals surface area contributed by atoms with E-state index >= 15 is 4.39 Å². The number of amides is 1. The van der Waals surface area contributed by atoms with Gasteiger partial charge in [0.05, 0.1) is 35.0 Å². The molecule has 7 nitrogen and oxygen atoms in total. The molecule has 8 heteroatoms. The molecule has 1 amide bonds. The van der Waals surface area contributed by atoms with Crippen LogP contribution in [0.5, 0.6) is 0 Å². The van der Waals surface area contributed by atoms with Crippen molar-refractivity contribution in [3.8, 4) is 28.5 Å². The molecule has 2 N–H and O–H groups in total. The Bertz CT molecular complexity index is 1460. The number of benzene rings is 2.